The molecule has 0 spiro atoms. The summed E-state index contributed by atoms with van der Waals surface area (Å²) in [5.41, 5.74) is 2.47. The van der Waals surface area contributed by atoms with E-state index in [0.717, 1.165) is 11.1 Å². The highest BCUT2D eigenvalue weighted by Crippen LogP contribution is 2.35. The Morgan fingerprint density at radius 1 is 1.09 bits per heavy atom. The summed E-state index contributed by atoms with van der Waals surface area (Å²) in [5.74, 6) is 1.12. The van der Waals surface area contributed by atoms with Crippen molar-refractivity contribution < 1.29 is 19.4 Å². The van der Waals surface area contributed by atoms with Crippen molar-refractivity contribution in [2.24, 2.45) is 0 Å². The molecule has 2 aromatic rings. The number of benzene rings is 2. The Balaban J connectivity index is 1.66. The van der Waals surface area contributed by atoms with Crippen LogP contribution in [0.3, 0.4) is 0 Å². The molecule has 1 aliphatic heterocycles. The topological polar surface area (TPSA) is 67.8 Å². The molecule has 0 aliphatic carbocycles. The van der Waals surface area contributed by atoms with E-state index >= 15 is 0 Å². The Hall–Kier alpha value is -2.53. The number of ether oxygens (including phenoxy) is 2. The monoisotopic (exact) mass is 299 g/mol. The van der Waals surface area contributed by atoms with Crippen LogP contribution in [-0.2, 0) is 24.4 Å². The number of aliphatic hydroxyl groups excluding tert-OH is 1. The Labute approximate surface area is 128 Å². The lowest BCUT2D eigenvalue weighted by Crippen LogP contribution is -2.25. The van der Waals surface area contributed by atoms with Gasteiger partial charge in [0, 0.05) is 6.54 Å². The van der Waals surface area contributed by atoms with Crippen molar-refractivity contribution in [3.63, 3.8) is 0 Å². The van der Waals surface area contributed by atoms with Crippen molar-refractivity contribution in [2.45, 2.75) is 19.6 Å². The van der Waals surface area contributed by atoms with Crippen LogP contribution in [-0.4, -0.2) is 17.8 Å². The van der Waals surface area contributed by atoms with Gasteiger partial charge in [-0.1, -0.05) is 30.3 Å². The summed E-state index contributed by atoms with van der Waals surface area (Å²) >= 11 is 0. The number of hydrogen-bond acceptors (Lipinski definition) is 4. The van der Waals surface area contributed by atoms with Crippen molar-refractivity contribution in [1.29, 1.82) is 0 Å². The molecule has 2 N–H and O–H groups in total. The van der Waals surface area contributed by atoms with Gasteiger partial charge in [-0.15, -0.1) is 0 Å². The predicted octanol–water partition coefficient (Wildman–Crippen LogP) is 1.77. The summed E-state index contributed by atoms with van der Waals surface area (Å²) in [4.78, 5) is 12.1. The van der Waals surface area contributed by atoms with E-state index in [4.69, 9.17) is 9.47 Å². The second-order valence-corrected chi connectivity index (χ2v) is 5.07. The number of rotatable bonds is 5. The molecule has 114 valence electrons. The largest absolute Gasteiger partial charge is 0.454 e. The highest BCUT2D eigenvalue weighted by molar-refractivity contribution is 5.79. The SMILES string of the molecule is O=C(Cc1cc2c(cc1CO)OCO2)NCc1ccccc1. The van der Waals surface area contributed by atoms with Crippen LogP contribution >= 0.6 is 0 Å². The van der Waals surface area contributed by atoms with Gasteiger partial charge < -0.3 is 19.9 Å². The van der Waals surface area contributed by atoms with E-state index in [1.54, 1.807) is 12.1 Å². The van der Waals surface area contributed by atoms with E-state index in [1.807, 2.05) is 30.3 Å². The van der Waals surface area contributed by atoms with Gasteiger partial charge in [0.05, 0.1) is 13.0 Å². The predicted molar refractivity (Wildman–Crippen MR) is 80.5 cm³/mol. The number of hydrogen-bond donors (Lipinski definition) is 2. The normalized spacial score (nSPS) is 12.2. The van der Waals surface area contributed by atoms with Gasteiger partial charge in [0.25, 0.3) is 0 Å². The van der Waals surface area contributed by atoms with Crippen molar-refractivity contribution in [1.82, 2.24) is 5.32 Å². The molecule has 22 heavy (non-hydrogen) atoms. The molecule has 0 atom stereocenters. The molecule has 1 heterocycles. The summed E-state index contributed by atoms with van der Waals surface area (Å²) in [6.07, 6.45) is 0.194. The lowest BCUT2D eigenvalue weighted by atomic mass is 10.0. The molecular weight excluding hydrogens is 282 g/mol. The Morgan fingerprint density at radius 2 is 1.77 bits per heavy atom. The van der Waals surface area contributed by atoms with Crippen LogP contribution in [0.2, 0.25) is 0 Å². The number of nitrogens with one attached hydrogen (secondary N) is 1. The molecule has 0 bridgehead atoms. The summed E-state index contributed by atoms with van der Waals surface area (Å²) in [5, 5.41) is 12.3. The lowest BCUT2D eigenvalue weighted by Gasteiger charge is -2.10. The molecule has 0 radical (unpaired) electrons. The summed E-state index contributed by atoms with van der Waals surface area (Å²) in [6.45, 7) is 0.514. The fourth-order valence-electron chi connectivity index (χ4n) is 2.37. The molecule has 2 aromatic carbocycles. The maximum Gasteiger partial charge on any atom is 0.231 e. The second-order valence-electron chi connectivity index (χ2n) is 5.07. The zero-order valence-electron chi connectivity index (χ0n) is 12.0. The van der Waals surface area contributed by atoms with Crippen LogP contribution in [0, 0.1) is 0 Å². The number of amides is 1. The minimum absolute atomic E-state index is 0.0996. The molecule has 3 rings (SSSR count). The van der Waals surface area contributed by atoms with Crippen molar-refractivity contribution in [3.8, 4) is 11.5 Å². The number of carbonyl (C=O) groups is 1. The maximum atomic E-state index is 12.1. The second kappa shape index (κ2) is 6.49. The minimum atomic E-state index is -0.141. The van der Waals surface area contributed by atoms with Crippen LogP contribution in [0.5, 0.6) is 11.5 Å². The molecule has 0 fully saturated rings. The summed E-state index contributed by atoms with van der Waals surface area (Å²) < 4.78 is 10.6. The van der Waals surface area contributed by atoms with Gasteiger partial charge >= 0.3 is 0 Å². The maximum absolute atomic E-state index is 12.1. The standard InChI is InChI=1S/C17H17NO4/c19-10-14-7-16-15(21-11-22-16)6-13(14)8-17(20)18-9-12-4-2-1-3-5-12/h1-7,19H,8-11H2,(H,18,20). The Morgan fingerprint density at radius 3 is 2.45 bits per heavy atom. The Bertz CT molecular complexity index is 670. The zero-order valence-corrected chi connectivity index (χ0v) is 12.0. The third kappa shape index (κ3) is 3.20. The third-order valence-electron chi connectivity index (χ3n) is 3.55. The molecule has 5 heteroatoms. The Kier molecular flexibility index (Phi) is 4.25. The molecule has 1 aliphatic rings. The van der Waals surface area contributed by atoms with Gasteiger partial charge in [0.2, 0.25) is 12.7 Å². The van der Waals surface area contributed by atoms with Gasteiger partial charge in [-0.3, -0.25) is 4.79 Å². The third-order valence-corrected chi connectivity index (χ3v) is 3.55. The minimum Gasteiger partial charge on any atom is -0.454 e. The first-order valence-electron chi connectivity index (χ1n) is 7.09. The van der Waals surface area contributed by atoms with Gasteiger partial charge in [-0.05, 0) is 28.8 Å². The zero-order chi connectivity index (χ0) is 15.4. The smallest absolute Gasteiger partial charge is 0.231 e. The van der Waals surface area contributed by atoms with Gasteiger partial charge in [0.1, 0.15) is 0 Å². The van der Waals surface area contributed by atoms with E-state index < -0.39 is 0 Å². The summed E-state index contributed by atoms with van der Waals surface area (Å²) in [6, 6.07) is 13.2. The van der Waals surface area contributed by atoms with Crippen molar-refractivity contribution in [3.05, 3.63) is 59.2 Å². The molecular formula is C17H17NO4. The van der Waals surface area contributed by atoms with Crippen LogP contribution < -0.4 is 14.8 Å². The summed E-state index contributed by atoms with van der Waals surface area (Å²) in [7, 11) is 0. The molecule has 1 amide bonds. The van der Waals surface area contributed by atoms with E-state index in [9.17, 15) is 9.90 Å². The molecule has 0 saturated heterocycles. The molecule has 5 nitrogen and oxygen atoms in total. The highest BCUT2D eigenvalue weighted by Gasteiger charge is 2.18. The average Bonchev–Trinajstić information content (AvgIpc) is 3.00. The fraction of sp³-hybridized carbons (Fsp3) is 0.235. The number of fused-ring (bicyclic) bond motifs is 1. The average molecular weight is 299 g/mol. The van der Waals surface area contributed by atoms with E-state index in [1.165, 1.54) is 0 Å². The molecule has 0 unspecified atom stereocenters. The first-order chi connectivity index (χ1) is 10.8. The van der Waals surface area contributed by atoms with E-state index in [0.29, 0.717) is 23.6 Å². The quantitative estimate of drug-likeness (QED) is 0.883. The van der Waals surface area contributed by atoms with Crippen molar-refractivity contribution >= 4 is 5.91 Å². The first-order valence-corrected chi connectivity index (χ1v) is 7.09. The highest BCUT2D eigenvalue weighted by atomic mass is 16.7. The van der Waals surface area contributed by atoms with Crippen LogP contribution in [0.15, 0.2) is 42.5 Å². The van der Waals surface area contributed by atoms with Crippen LogP contribution in [0.25, 0.3) is 0 Å². The van der Waals surface area contributed by atoms with Gasteiger partial charge in [-0.25, -0.2) is 0 Å². The van der Waals surface area contributed by atoms with Gasteiger partial charge in [0.15, 0.2) is 11.5 Å². The van der Waals surface area contributed by atoms with Crippen molar-refractivity contribution in [2.75, 3.05) is 6.79 Å². The van der Waals surface area contributed by atoms with E-state index in [2.05, 4.69) is 5.32 Å². The van der Waals surface area contributed by atoms with Gasteiger partial charge in [-0.2, -0.15) is 0 Å². The molecule has 0 saturated carbocycles. The lowest BCUT2D eigenvalue weighted by molar-refractivity contribution is -0.120. The first kappa shape index (κ1) is 14.4. The van der Waals surface area contributed by atoms with Crippen LogP contribution in [0.4, 0.5) is 0 Å². The molecule has 0 aromatic heterocycles. The number of aliphatic hydroxyl groups is 1. The fourth-order valence-corrected chi connectivity index (χ4v) is 2.37. The van der Waals surface area contributed by atoms with E-state index in [-0.39, 0.29) is 25.7 Å². The van der Waals surface area contributed by atoms with Crippen LogP contribution in [0.1, 0.15) is 16.7 Å². The number of carbonyl (C=O) groups excluding carboxylic acids is 1.